The van der Waals surface area contributed by atoms with Gasteiger partial charge in [-0.2, -0.15) is 0 Å². The third kappa shape index (κ3) is 2.81. The van der Waals surface area contributed by atoms with E-state index in [0.717, 1.165) is 17.5 Å². The van der Waals surface area contributed by atoms with Crippen molar-refractivity contribution in [3.8, 4) is 0 Å². The number of para-hydroxylation sites is 1. The third-order valence-electron chi connectivity index (χ3n) is 5.70. The molecule has 2 amide bonds. The Morgan fingerprint density at radius 3 is 2.79 bits per heavy atom. The molecule has 1 aromatic carbocycles. The Morgan fingerprint density at radius 1 is 1.36 bits per heavy atom. The van der Waals surface area contributed by atoms with E-state index in [1.54, 1.807) is 17.3 Å². The molecule has 1 spiro atoms. The Labute approximate surface area is 163 Å². The highest BCUT2D eigenvalue weighted by atomic mass is 32.2. The van der Waals surface area contributed by atoms with Gasteiger partial charge in [-0.05, 0) is 18.1 Å². The lowest BCUT2D eigenvalue weighted by Gasteiger charge is -2.33. The van der Waals surface area contributed by atoms with Crippen molar-refractivity contribution in [1.29, 1.82) is 0 Å². The van der Waals surface area contributed by atoms with Crippen LogP contribution in [0.25, 0.3) is 0 Å². The van der Waals surface area contributed by atoms with E-state index in [1.807, 2.05) is 35.9 Å². The van der Waals surface area contributed by atoms with Gasteiger partial charge in [0, 0.05) is 44.4 Å². The lowest BCUT2D eigenvalue weighted by Crippen LogP contribution is -2.44. The fourth-order valence-corrected chi connectivity index (χ4v) is 4.92. The summed E-state index contributed by atoms with van der Waals surface area (Å²) in [6, 6.07) is 6.91. The van der Waals surface area contributed by atoms with Crippen LogP contribution in [0.2, 0.25) is 0 Å². The molecule has 0 aliphatic carbocycles. The number of carbonyl (C=O) groups excluding carboxylic acids is 2. The Kier molecular flexibility index (Phi) is 4.29. The number of aryl methyl sites for hydroxylation is 1. The normalized spacial score (nSPS) is 23.9. The molecule has 0 saturated carbocycles. The standard InChI is InChI=1S/C19H22N4O4S/c1-22-11-9-20-17(22)16-19(13-5-3-4-6-14(13)21-18(19)25)8-10-23(16)15(24)7-12-28(2,26)27/h3-6,9,11,16H,7-8,10,12H2,1-2H3,(H,21,25)/t16-,19+/m0/s1. The van der Waals surface area contributed by atoms with Crippen molar-refractivity contribution < 1.29 is 18.0 Å². The zero-order valence-electron chi connectivity index (χ0n) is 15.8. The average Bonchev–Trinajstić information content (AvgIpc) is 3.30. The van der Waals surface area contributed by atoms with Gasteiger partial charge in [0.1, 0.15) is 27.1 Å². The van der Waals surface area contributed by atoms with E-state index in [2.05, 4.69) is 10.3 Å². The number of sulfone groups is 1. The number of imidazole rings is 1. The summed E-state index contributed by atoms with van der Waals surface area (Å²) in [5, 5.41) is 2.95. The first-order chi connectivity index (χ1) is 13.2. The second-order valence-electron chi connectivity index (χ2n) is 7.49. The van der Waals surface area contributed by atoms with Crippen LogP contribution in [0, 0.1) is 0 Å². The smallest absolute Gasteiger partial charge is 0.237 e. The number of fused-ring (bicyclic) bond motifs is 2. The highest BCUT2D eigenvalue weighted by Gasteiger charge is 2.60. The molecule has 4 rings (SSSR count). The van der Waals surface area contributed by atoms with Crippen molar-refractivity contribution in [3.63, 3.8) is 0 Å². The lowest BCUT2D eigenvalue weighted by atomic mass is 9.74. The van der Waals surface area contributed by atoms with Gasteiger partial charge in [-0.25, -0.2) is 13.4 Å². The molecule has 2 aliphatic rings. The summed E-state index contributed by atoms with van der Waals surface area (Å²) in [6.45, 7) is 0.363. The van der Waals surface area contributed by atoms with E-state index in [0.29, 0.717) is 18.8 Å². The molecular weight excluding hydrogens is 380 g/mol. The summed E-state index contributed by atoms with van der Waals surface area (Å²) in [6.07, 6.45) is 4.87. The Hall–Kier alpha value is -2.68. The molecule has 2 aromatic rings. The maximum atomic E-state index is 13.2. The monoisotopic (exact) mass is 402 g/mol. The second-order valence-corrected chi connectivity index (χ2v) is 9.75. The van der Waals surface area contributed by atoms with Gasteiger partial charge in [0.25, 0.3) is 0 Å². The van der Waals surface area contributed by atoms with E-state index in [-0.39, 0.29) is 24.0 Å². The van der Waals surface area contributed by atoms with Crippen LogP contribution in [0.1, 0.15) is 30.3 Å². The summed E-state index contributed by atoms with van der Waals surface area (Å²) < 4.78 is 24.9. The number of amides is 2. The van der Waals surface area contributed by atoms with Gasteiger partial charge in [-0.15, -0.1) is 0 Å². The first kappa shape index (κ1) is 18.7. The van der Waals surface area contributed by atoms with Crippen LogP contribution in [-0.2, 0) is 31.9 Å². The zero-order chi connectivity index (χ0) is 20.1. The minimum Gasteiger partial charge on any atom is -0.336 e. The highest BCUT2D eigenvalue weighted by molar-refractivity contribution is 7.90. The number of likely N-dealkylation sites (tertiary alicyclic amines) is 1. The summed E-state index contributed by atoms with van der Waals surface area (Å²) in [7, 11) is -1.44. The average molecular weight is 402 g/mol. The number of carbonyl (C=O) groups is 2. The van der Waals surface area contributed by atoms with Crippen molar-refractivity contribution in [2.45, 2.75) is 24.3 Å². The molecule has 1 fully saturated rings. The van der Waals surface area contributed by atoms with Crippen molar-refractivity contribution in [3.05, 3.63) is 48.0 Å². The molecule has 0 radical (unpaired) electrons. The van der Waals surface area contributed by atoms with Gasteiger partial charge >= 0.3 is 0 Å². The molecule has 1 saturated heterocycles. The third-order valence-corrected chi connectivity index (χ3v) is 6.64. The fourth-order valence-electron chi connectivity index (χ4n) is 4.37. The molecule has 2 aliphatic heterocycles. The molecule has 28 heavy (non-hydrogen) atoms. The molecule has 1 N–H and O–H groups in total. The van der Waals surface area contributed by atoms with E-state index >= 15 is 0 Å². The number of hydrogen-bond donors (Lipinski definition) is 1. The minimum atomic E-state index is -3.26. The van der Waals surface area contributed by atoms with Crippen LogP contribution in [-0.4, -0.2) is 53.2 Å². The number of rotatable bonds is 4. The van der Waals surface area contributed by atoms with Gasteiger partial charge in [-0.3, -0.25) is 9.59 Å². The molecule has 9 heteroatoms. The largest absolute Gasteiger partial charge is 0.336 e. The summed E-state index contributed by atoms with van der Waals surface area (Å²) >= 11 is 0. The number of benzene rings is 1. The van der Waals surface area contributed by atoms with Gasteiger partial charge in [0.2, 0.25) is 11.8 Å². The Balaban J connectivity index is 1.80. The number of nitrogens with zero attached hydrogens (tertiary/aromatic N) is 3. The summed E-state index contributed by atoms with van der Waals surface area (Å²) in [5.74, 6) is -0.0459. The molecule has 1 aromatic heterocycles. The zero-order valence-corrected chi connectivity index (χ0v) is 16.6. The maximum Gasteiger partial charge on any atom is 0.237 e. The predicted molar refractivity (Wildman–Crippen MR) is 103 cm³/mol. The SMILES string of the molecule is Cn1ccnc1[C@@H]1N(C(=O)CCS(C)(=O)=O)CC[C@]12C(=O)Nc1ccccc12. The van der Waals surface area contributed by atoms with E-state index in [9.17, 15) is 18.0 Å². The van der Waals surface area contributed by atoms with Gasteiger partial charge in [0.15, 0.2) is 0 Å². The van der Waals surface area contributed by atoms with Crippen LogP contribution in [0.3, 0.4) is 0 Å². The van der Waals surface area contributed by atoms with Crippen LogP contribution >= 0.6 is 0 Å². The number of nitrogens with one attached hydrogen (secondary N) is 1. The molecule has 2 atom stereocenters. The van der Waals surface area contributed by atoms with Crippen molar-refractivity contribution in [2.75, 3.05) is 23.9 Å². The van der Waals surface area contributed by atoms with Crippen molar-refractivity contribution in [1.82, 2.24) is 14.5 Å². The number of hydrogen-bond acceptors (Lipinski definition) is 5. The summed E-state index contributed by atoms with van der Waals surface area (Å²) in [4.78, 5) is 32.2. The highest BCUT2D eigenvalue weighted by Crippen LogP contribution is 2.54. The molecule has 0 bridgehead atoms. The molecule has 3 heterocycles. The molecule has 148 valence electrons. The van der Waals surface area contributed by atoms with Gasteiger partial charge < -0.3 is 14.8 Å². The minimum absolute atomic E-state index is 0.112. The molecule has 0 unspecified atom stereocenters. The first-order valence-corrected chi connectivity index (χ1v) is 11.2. The molecule has 8 nitrogen and oxygen atoms in total. The number of aromatic nitrogens is 2. The van der Waals surface area contributed by atoms with E-state index in [1.165, 1.54) is 0 Å². The van der Waals surface area contributed by atoms with Crippen LogP contribution in [0.5, 0.6) is 0 Å². The predicted octanol–water partition coefficient (Wildman–Crippen LogP) is 1.02. The van der Waals surface area contributed by atoms with E-state index < -0.39 is 21.3 Å². The number of anilines is 1. The molecular formula is C19H22N4O4S. The Bertz CT molecular complexity index is 1060. The van der Waals surface area contributed by atoms with Crippen molar-refractivity contribution >= 4 is 27.3 Å². The van der Waals surface area contributed by atoms with Gasteiger partial charge in [0.05, 0.1) is 5.75 Å². The van der Waals surface area contributed by atoms with Crippen LogP contribution < -0.4 is 5.32 Å². The van der Waals surface area contributed by atoms with Crippen molar-refractivity contribution in [2.24, 2.45) is 7.05 Å². The Morgan fingerprint density at radius 2 is 2.11 bits per heavy atom. The summed E-state index contributed by atoms with van der Waals surface area (Å²) in [5.41, 5.74) is 0.666. The van der Waals surface area contributed by atoms with E-state index in [4.69, 9.17) is 0 Å². The van der Waals surface area contributed by atoms with Gasteiger partial charge in [-0.1, -0.05) is 18.2 Å². The van der Waals surface area contributed by atoms with Crippen LogP contribution in [0.4, 0.5) is 5.69 Å². The fraction of sp³-hybridized carbons (Fsp3) is 0.421. The van der Waals surface area contributed by atoms with Crippen LogP contribution in [0.15, 0.2) is 36.7 Å². The topological polar surface area (TPSA) is 101 Å². The maximum absolute atomic E-state index is 13.2. The second kappa shape index (κ2) is 6.44. The first-order valence-electron chi connectivity index (χ1n) is 9.09. The lowest BCUT2D eigenvalue weighted by molar-refractivity contribution is -0.133. The quantitative estimate of drug-likeness (QED) is 0.823.